The molecule has 2 N–H and O–H groups in total. The van der Waals surface area contributed by atoms with Crippen molar-refractivity contribution in [3.63, 3.8) is 0 Å². The standard InChI is InChI=1S/C11H19NO3S2/c1-4-11(3,5-2)12-17(14,15)10-6-7-16-9(10)8-13/h6-7,12-13H,4-5,8H2,1-3H3. The maximum atomic E-state index is 12.2. The molecule has 0 bridgehead atoms. The Morgan fingerprint density at radius 2 is 2.00 bits per heavy atom. The highest BCUT2D eigenvalue weighted by molar-refractivity contribution is 7.89. The second kappa shape index (κ2) is 5.48. The molecular weight excluding hydrogens is 258 g/mol. The number of thiophene rings is 1. The number of nitrogens with one attached hydrogen (secondary N) is 1. The van der Waals surface area contributed by atoms with Crippen molar-refractivity contribution in [3.05, 3.63) is 16.3 Å². The van der Waals surface area contributed by atoms with E-state index in [1.807, 2.05) is 20.8 Å². The minimum atomic E-state index is -3.54. The summed E-state index contributed by atoms with van der Waals surface area (Å²) in [6.07, 6.45) is 1.45. The van der Waals surface area contributed by atoms with Gasteiger partial charge in [0.15, 0.2) is 0 Å². The number of rotatable bonds is 6. The van der Waals surface area contributed by atoms with Crippen molar-refractivity contribution in [1.29, 1.82) is 0 Å². The SMILES string of the molecule is CCC(C)(CC)NS(=O)(=O)c1ccsc1CO. The molecule has 0 aliphatic carbocycles. The first-order valence-corrected chi connectivity index (χ1v) is 7.96. The lowest BCUT2D eigenvalue weighted by Gasteiger charge is -2.27. The molecule has 98 valence electrons. The first-order valence-electron chi connectivity index (χ1n) is 5.59. The summed E-state index contributed by atoms with van der Waals surface area (Å²) >= 11 is 1.25. The van der Waals surface area contributed by atoms with Crippen molar-refractivity contribution in [1.82, 2.24) is 4.72 Å². The van der Waals surface area contributed by atoms with Gasteiger partial charge in [-0.25, -0.2) is 13.1 Å². The highest BCUT2D eigenvalue weighted by Gasteiger charge is 2.29. The van der Waals surface area contributed by atoms with Crippen molar-refractivity contribution in [3.8, 4) is 0 Å². The number of aliphatic hydroxyl groups excluding tert-OH is 1. The molecule has 0 aliphatic heterocycles. The van der Waals surface area contributed by atoms with Crippen LogP contribution in [0.1, 0.15) is 38.5 Å². The summed E-state index contributed by atoms with van der Waals surface area (Å²) in [5, 5.41) is 10.8. The van der Waals surface area contributed by atoms with Gasteiger partial charge in [0.2, 0.25) is 10.0 Å². The molecule has 0 amide bonds. The van der Waals surface area contributed by atoms with Crippen LogP contribution in [0.25, 0.3) is 0 Å². The lowest BCUT2D eigenvalue weighted by molar-refractivity contribution is 0.282. The van der Waals surface area contributed by atoms with Crippen LogP contribution in [0, 0.1) is 0 Å². The van der Waals surface area contributed by atoms with Crippen LogP contribution in [0.5, 0.6) is 0 Å². The summed E-state index contributed by atoms with van der Waals surface area (Å²) in [5.41, 5.74) is -0.437. The van der Waals surface area contributed by atoms with Crippen molar-refractivity contribution >= 4 is 21.4 Å². The van der Waals surface area contributed by atoms with Crippen LogP contribution in [-0.4, -0.2) is 19.1 Å². The molecule has 0 unspecified atom stereocenters. The molecule has 17 heavy (non-hydrogen) atoms. The Hall–Kier alpha value is -0.430. The van der Waals surface area contributed by atoms with Crippen molar-refractivity contribution in [2.45, 2.75) is 50.7 Å². The second-order valence-corrected chi connectivity index (χ2v) is 6.89. The van der Waals surface area contributed by atoms with Gasteiger partial charge in [0, 0.05) is 10.4 Å². The third-order valence-corrected chi connectivity index (χ3v) is 5.84. The minimum absolute atomic E-state index is 0.193. The van der Waals surface area contributed by atoms with Crippen LogP contribution < -0.4 is 4.72 Å². The summed E-state index contributed by atoms with van der Waals surface area (Å²) in [5.74, 6) is 0. The fourth-order valence-electron chi connectivity index (χ4n) is 1.46. The van der Waals surface area contributed by atoms with Gasteiger partial charge in [-0.1, -0.05) is 13.8 Å². The van der Waals surface area contributed by atoms with Crippen LogP contribution in [0.4, 0.5) is 0 Å². The van der Waals surface area contributed by atoms with E-state index < -0.39 is 15.6 Å². The molecule has 6 heteroatoms. The third-order valence-electron chi connectivity index (χ3n) is 3.08. The average molecular weight is 277 g/mol. The third kappa shape index (κ3) is 3.28. The summed E-state index contributed by atoms with van der Waals surface area (Å²) in [4.78, 5) is 0.671. The Balaban J connectivity index is 3.05. The van der Waals surface area contributed by atoms with Gasteiger partial charge in [0.05, 0.1) is 11.5 Å². The molecule has 0 radical (unpaired) electrons. The Bertz CT molecular complexity index is 461. The molecule has 0 saturated heterocycles. The van der Waals surface area contributed by atoms with E-state index in [9.17, 15) is 8.42 Å². The van der Waals surface area contributed by atoms with E-state index in [1.165, 1.54) is 17.4 Å². The van der Waals surface area contributed by atoms with Gasteiger partial charge >= 0.3 is 0 Å². The molecule has 1 aromatic heterocycles. The number of aliphatic hydroxyl groups is 1. The molecule has 1 heterocycles. The quantitative estimate of drug-likeness (QED) is 0.837. The highest BCUT2D eigenvalue weighted by Crippen LogP contribution is 2.24. The number of sulfonamides is 1. The van der Waals surface area contributed by atoms with Crippen LogP contribution in [-0.2, 0) is 16.6 Å². The van der Waals surface area contributed by atoms with Gasteiger partial charge in [0.1, 0.15) is 0 Å². The topological polar surface area (TPSA) is 66.4 Å². The average Bonchev–Trinajstić information content (AvgIpc) is 2.77. The van der Waals surface area contributed by atoms with E-state index in [4.69, 9.17) is 5.11 Å². The van der Waals surface area contributed by atoms with E-state index in [-0.39, 0.29) is 11.5 Å². The minimum Gasteiger partial charge on any atom is -0.391 e. The van der Waals surface area contributed by atoms with Gasteiger partial charge in [-0.3, -0.25) is 0 Å². The van der Waals surface area contributed by atoms with Gasteiger partial charge in [0.25, 0.3) is 0 Å². The van der Waals surface area contributed by atoms with E-state index in [1.54, 1.807) is 5.38 Å². The van der Waals surface area contributed by atoms with Gasteiger partial charge in [-0.2, -0.15) is 0 Å². The molecule has 0 saturated carbocycles. The summed E-state index contributed by atoms with van der Waals surface area (Å²) in [6.45, 7) is 5.54. The van der Waals surface area contributed by atoms with Crippen LogP contribution in [0.15, 0.2) is 16.3 Å². The molecule has 0 atom stereocenters. The molecule has 4 nitrogen and oxygen atoms in total. The van der Waals surface area contributed by atoms with E-state index in [0.717, 1.165) is 12.8 Å². The first-order chi connectivity index (χ1) is 7.88. The molecule has 0 aromatic carbocycles. The predicted octanol–water partition coefficient (Wildman–Crippen LogP) is 2.10. The van der Waals surface area contributed by atoms with Crippen molar-refractivity contribution < 1.29 is 13.5 Å². The zero-order valence-electron chi connectivity index (χ0n) is 10.4. The van der Waals surface area contributed by atoms with E-state index in [0.29, 0.717) is 4.88 Å². The van der Waals surface area contributed by atoms with Crippen molar-refractivity contribution in [2.75, 3.05) is 0 Å². The number of hydrogen-bond donors (Lipinski definition) is 2. The molecule has 1 aromatic rings. The molecule has 1 rings (SSSR count). The predicted molar refractivity (Wildman–Crippen MR) is 69.6 cm³/mol. The molecule has 0 aliphatic rings. The maximum absolute atomic E-state index is 12.2. The Morgan fingerprint density at radius 3 is 2.47 bits per heavy atom. The van der Waals surface area contributed by atoms with Gasteiger partial charge in [-0.15, -0.1) is 11.3 Å². The Kier molecular flexibility index (Phi) is 4.71. The fourth-order valence-corrected chi connectivity index (χ4v) is 4.30. The van der Waals surface area contributed by atoms with Crippen LogP contribution in [0.3, 0.4) is 0 Å². The lowest BCUT2D eigenvalue weighted by Crippen LogP contribution is -2.44. The Morgan fingerprint density at radius 1 is 1.41 bits per heavy atom. The zero-order valence-corrected chi connectivity index (χ0v) is 12.0. The summed E-state index contributed by atoms with van der Waals surface area (Å²) < 4.78 is 27.1. The largest absolute Gasteiger partial charge is 0.391 e. The highest BCUT2D eigenvalue weighted by atomic mass is 32.2. The van der Waals surface area contributed by atoms with Crippen LogP contribution >= 0.6 is 11.3 Å². The summed E-state index contributed by atoms with van der Waals surface area (Å²) in [7, 11) is -3.54. The maximum Gasteiger partial charge on any atom is 0.242 e. The smallest absolute Gasteiger partial charge is 0.242 e. The van der Waals surface area contributed by atoms with E-state index in [2.05, 4.69) is 4.72 Å². The molecule has 0 fully saturated rings. The fraction of sp³-hybridized carbons (Fsp3) is 0.636. The summed E-state index contributed by atoms with van der Waals surface area (Å²) in [6, 6.07) is 1.53. The monoisotopic (exact) mass is 277 g/mol. The lowest BCUT2D eigenvalue weighted by atomic mass is 9.98. The normalized spacial score (nSPS) is 12.9. The van der Waals surface area contributed by atoms with Gasteiger partial charge < -0.3 is 5.11 Å². The molecule has 0 spiro atoms. The van der Waals surface area contributed by atoms with Gasteiger partial charge in [-0.05, 0) is 31.2 Å². The first kappa shape index (κ1) is 14.6. The van der Waals surface area contributed by atoms with Crippen LogP contribution in [0.2, 0.25) is 0 Å². The molecular formula is C11H19NO3S2. The van der Waals surface area contributed by atoms with Crippen molar-refractivity contribution in [2.24, 2.45) is 0 Å². The van der Waals surface area contributed by atoms with E-state index >= 15 is 0 Å². The number of hydrogen-bond acceptors (Lipinski definition) is 4. The zero-order chi connectivity index (χ0) is 13.1. The Labute approximate surface area is 107 Å². The second-order valence-electron chi connectivity index (χ2n) is 4.24.